The molecule has 8 heteroatoms. The summed E-state index contributed by atoms with van der Waals surface area (Å²) in [6, 6.07) is 8.38. The minimum Gasteiger partial charge on any atom is -0.368 e. The molecule has 1 aromatic carbocycles. The second-order valence-electron chi connectivity index (χ2n) is 8.80. The van der Waals surface area contributed by atoms with Gasteiger partial charge in [-0.2, -0.15) is 18.4 Å². The van der Waals surface area contributed by atoms with E-state index in [1.165, 1.54) is 12.1 Å². The smallest absolute Gasteiger partial charge is 0.368 e. The Kier molecular flexibility index (Phi) is 6.61. The molecule has 0 unspecified atom stereocenters. The fourth-order valence-corrected chi connectivity index (χ4v) is 4.23. The highest BCUT2D eigenvalue weighted by molar-refractivity contribution is 5.80. The van der Waals surface area contributed by atoms with Crippen LogP contribution in [0.5, 0.6) is 0 Å². The van der Waals surface area contributed by atoms with Gasteiger partial charge in [-0.05, 0) is 49.3 Å². The van der Waals surface area contributed by atoms with E-state index in [2.05, 4.69) is 4.98 Å². The lowest BCUT2D eigenvalue weighted by Crippen LogP contribution is -2.56. The van der Waals surface area contributed by atoms with Crippen LogP contribution in [0.1, 0.15) is 50.4 Å². The van der Waals surface area contributed by atoms with Gasteiger partial charge in [0.05, 0.1) is 12.1 Å². The average molecular weight is 445 g/mol. The quantitative estimate of drug-likeness (QED) is 0.627. The Labute approximate surface area is 186 Å². The first-order valence-electron chi connectivity index (χ1n) is 10.6. The number of primary amides is 1. The summed E-state index contributed by atoms with van der Waals surface area (Å²) in [4.78, 5) is 17.6. The van der Waals surface area contributed by atoms with Gasteiger partial charge in [-0.3, -0.25) is 14.7 Å². The molecule has 1 aromatic heterocycles. The van der Waals surface area contributed by atoms with Gasteiger partial charge in [0.2, 0.25) is 5.91 Å². The summed E-state index contributed by atoms with van der Waals surface area (Å²) in [5.74, 6) is -0.925. The van der Waals surface area contributed by atoms with Crippen molar-refractivity contribution in [3.8, 4) is 17.2 Å². The van der Waals surface area contributed by atoms with Crippen molar-refractivity contribution < 1.29 is 18.0 Å². The van der Waals surface area contributed by atoms with Crippen molar-refractivity contribution in [1.29, 1.82) is 5.26 Å². The van der Waals surface area contributed by atoms with Crippen LogP contribution >= 0.6 is 0 Å². The number of carbonyl (C=O) groups is 1. The molecular formula is C24H27F3N4O. The van der Waals surface area contributed by atoms with Gasteiger partial charge in [0.15, 0.2) is 0 Å². The van der Waals surface area contributed by atoms with Gasteiger partial charge in [-0.15, -0.1) is 0 Å². The van der Waals surface area contributed by atoms with Gasteiger partial charge < -0.3 is 5.73 Å². The second kappa shape index (κ2) is 8.91. The normalized spacial score (nSPS) is 17.1. The van der Waals surface area contributed by atoms with E-state index in [-0.39, 0.29) is 30.7 Å². The summed E-state index contributed by atoms with van der Waals surface area (Å²) in [6.45, 7) is 5.46. The first-order chi connectivity index (χ1) is 15.0. The molecule has 1 aliphatic rings. The summed E-state index contributed by atoms with van der Waals surface area (Å²) in [5.41, 5.74) is 6.52. The van der Waals surface area contributed by atoms with Crippen LogP contribution in [0, 0.1) is 24.2 Å². The number of amides is 1. The molecule has 0 aliphatic heterocycles. The molecule has 1 saturated carbocycles. The van der Waals surface area contributed by atoms with Crippen molar-refractivity contribution >= 4 is 5.91 Å². The van der Waals surface area contributed by atoms with E-state index in [4.69, 9.17) is 5.73 Å². The Morgan fingerprint density at radius 3 is 2.31 bits per heavy atom. The third kappa shape index (κ3) is 4.78. The molecular weight excluding hydrogens is 417 g/mol. The average Bonchev–Trinajstić information content (AvgIpc) is 3.51. The number of rotatable bonds is 8. The maximum Gasteiger partial charge on any atom is 0.408 e. The molecule has 170 valence electrons. The Morgan fingerprint density at radius 1 is 1.25 bits per heavy atom. The lowest BCUT2D eigenvalue weighted by molar-refractivity contribution is -0.200. The molecule has 1 fully saturated rings. The summed E-state index contributed by atoms with van der Waals surface area (Å²) in [6.07, 6.45) is -2.38. The molecule has 0 saturated heterocycles. The molecule has 1 heterocycles. The van der Waals surface area contributed by atoms with E-state index in [0.29, 0.717) is 0 Å². The SMILES string of the molecule is Cc1ncccc1-c1ccc([C@H](N([C@@H](CC(C)C)C(N)=O)C2(C#N)CC2)C(F)(F)F)cc1. The second-order valence-corrected chi connectivity index (χ2v) is 8.80. The fraction of sp³-hybridized carbons (Fsp3) is 0.458. The zero-order valence-electron chi connectivity index (χ0n) is 18.4. The third-order valence-corrected chi connectivity index (χ3v) is 5.92. The van der Waals surface area contributed by atoms with Crippen molar-refractivity contribution in [3.05, 3.63) is 53.9 Å². The van der Waals surface area contributed by atoms with Crippen LogP contribution in [0.4, 0.5) is 13.2 Å². The molecule has 1 amide bonds. The molecule has 2 aromatic rings. The van der Waals surface area contributed by atoms with Crippen molar-refractivity contribution in [3.63, 3.8) is 0 Å². The standard InChI is InChI=1S/C24H27F3N4O/c1-15(2)13-20(22(29)32)31(23(14-28)10-11-23)21(24(25,26)27)18-8-6-17(7-9-18)19-5-4-12-30-16(19)3/h4-9,12,15,20-21H,10-11,13H2,1-3H3,(H2,29,32)/t20-,21-/m0/s1. The predicted molar refractivity (Wildman–Crippen MR) is 115 cm³/mol. The highest BCUT2D eigenvalue weighted by Crippen LogP contribution is 2.52. The fourth-order valence-electron chi connectivity index (χ4n) is 4.23. The van der Waals surface area contributed by atoms with E-state index < -0.39 is 29.7 Å². The van der Waals surface area contributed by atoms with Crippen molar-refractivity contribution in [1.82, 2.24) is 9.88 Å². The maximum absolute atomic E-state index is 14.5. The van der Waals surface area contributed by atoms with Crippen molar-refractivity contribution in [2.45, 2.75) is 63.8 Å². The van der Waals surface area contributed by atoms with Gasteiger partial charge in [0, 0.05) is 17.5 Å². The highest BCUT2D eigenvalue weighted by Gasteiger charge is 2.60. The first kappa shape index (κ1) is 23.7. The molecule has 2 atom stereocenters. The van der Waals surface area contributed by atoms with Crippen LogP contribution in [0.15, 0.2) is 42.6 Å². The number of pyridine rings is 1. The lowest BCUT2D eigenvalue weighted by atomic mass is 9.93. The summed E-state index contributed by atoms with van der Waals surface area (Å²) in [7, 11) is 0. The number of alkyl halides is 3. The van der Waals surface area contributed by atoms with E-state index >= 15 is 0 Å². The number of benzene rings is 1. The zero-order valence-corrected chi connectivity index (χ0v) is 18.4. The van der Waals surface area contributed by atoms with Crippen molar-refractivity contribution in [2.75, 3.05) is 0 Å². The molecule has 5 nitrogen and oxygen atoms in total. The molecule has 1 aliphatic carbocycles. The van der Waals surface area contributed by atoms with E-state index in [1.807, 2.05) is 32.9 Å². The van der Waals surface area contributed by atoms with Crippen LogP contribution in [-0.4, -0.2) is 33.5 Å². The molecule has 3 rings (SSSR count). The zero-order chi connectivity index (χ0) is 23.7. The van der Waals surface area contributed by atoms with Crippen LogP contribution in [-0.2, 0) is 4.79 Å². The number of halogens is 3. The summed E-state index contributed by atoms with van der Waals surface area (Å²) in [5, 5.41) is 9.76. The number of aromatic nitrogens is 1. The Morgan fingerprint density at radius 2 is 1.88 bits per heavy atom. The van der Waals surface area contributed by atoms with Crippen LogP contribution in [0.2, 0.25) is 0 Å². The Hall–Kier alpha value is -2.92. The third-order valence-electron chi connectivity index (χ3n) is 5.92. The number of nitriles is 1. The molecule has 32 heavy (non-hydrogen) atoms. The summed E-state index contributed by atoms with van der Waals surface area (Å²) >= 11 is 0. The van der Waals surface area contributed by atoms with Gasteiger partial charge in [0.1, 0.15) is 11.6 Å². The number of hydrogen-bond donors (Lipinski definition) is 1. The van der Waals surface area contributed by atoms with E-state index in [9.17, 15) is 23.2 Å². The largest absolute Gasteiger partial charge is 0.408 e. The van der Waals surface area contributed by atoms with Gasteiger partial charge in [-0.1, -0.05) is 44.2 Å². The minimum absolute atomic E-state index is 0.0284. The van der Waals surface area contributed by atoms with E-state index in [0.717, 1.165) is 21.7 Å². The number of nitrogens with two attached hydrogens (primary N) is 1. The monoisotopic (exact) mass is 444 g/mol. The van der Waals surface area contributed by atoms with Gasteiger partial charge in [0.25, 0.3) is 0 Å². The van der Waals surface area contributed by atoms with Gasteiger partial charge >= 0.3 is 6.18 Å². The first-order valence-corrected chi connectivity index (χ1v) is 10.6. The molecule has 0 spiro atoms. The molecule has 2 N–H and O–H groups in total. The van der Waals surface area contributed by atoms with Gasteiger partial charge in [-0.25, -0.2) is 0 Å². The van der Waals surface area contributed by atoms with Crippen LogP contribution in [0.25, 0.3) is 11.1 Å². The topological polar surface area (TPSA) is 83.0 Å². The summed E-state index contributed by atoms with van der Waals surface area (Å²) < 4.78 is 43.5. The minimum atomic E-state index is -4.71. The lowest BCUT2D eigenvalue weighted by Gasteiger charge is -2.41. The Bertz CT molecular complexity index is 1010. The number of hydrogen-bond acceptors (Lipinski definition) is 4. The molecule has 0 radical (unpaired) electrons. The molecule has 0 bridgehead atoms. The number of nitrogens with zero attached hydrogens (tertiary/aromatic N) is 3. The highest BCUT2D eigenvalue weighted by atomic mass is 19.4. The maximum atomic E-state index is 14.5. The van der Waals surface area contributed by atoms with Crippen LogP contribution in [0.3, 0.4) is 0 Å². The predicted octanol–water partition coefficient (Wildman–Crippen LogP) is 4.92. The van der Waals surface area contributed by atoms with E-state index in [1.54, 1.807) is 24.4 Å². The number of carbonyl (C=O) groups excluding carboxylic acids is 1. The Balaban J connectivity index is 2.10. The number of aryl methyl sites for hydroxylation is 1. The van der Waals surface area contributed by atoms with Crippen LogP contribution < -0.4 is 5.73 Å². The van der Waals surface area contributed by atoms with Crippen molar-refractivity contribution in [2.24, 2.45) is 11.7 Å².